The highest BCUT2D eigenvalue weighted by molar-refractivity contribution is 5.47. The van der Waals surface area contributed by atoms with Crippen LogP contribution in [0.25, 0.3) is 0 Å². The minimum Gasteiger partial charge on any atom is -0.345 e. The Hall–Kier alpha value is -0.570. The van der Waals surface area contributed by atoms with Crippen molar-refractivity contribution in [1.29, 1.82) is 0 Å². The molecule has 13 heavy (non-hydrogen) atoms. The zero-order valence-corrected chi connectivity index (χ0v) is 8.70. The summed E-state index contributed by atoms with van der Waals surface area (Å²) in [7, 11) is 1.88. The van der Waals surface area contributed by atoms with E-state index < -0.39 is 0 Å². The molecule has 0 bridgehead atoms. The lowest BCUT2D eigenvalue weighted by atomic mass is 10.0. The van der Waals surface area contributed by atoms with Gasteiger partial charge in [0.1, 0.15) is 0 Å². The maximum Gasteiger partial charge on any atom is 0.209 e. The molecule has 1 amide bonds. The zero-order valence-electron chi connectivity index (χ0n) is 8.70. The molecule has 3 heteroatoms. The van der Waals surface area contributed by atoms with Crippen LogP contribution in [0.4, 0.5) is 0 Å². The number of nitrogens with zero attached hydrogens (tertiary/aromatic N) is 2. The summed E-state index contributed by atoms with van der Waals surface area (Å²) in [4.78, 5) is 14.8. The number of amides is 1. The SMILES string of the molecule is CCCN1CCC(N(C)C=O)CC1. The van der Waals surface area contributed by atoms with Crippen molar-refractivity contribution in [3.63, 3.8) is 0 Å². The summed E-state index contributed by atoms with van der Waals surface area (Å²) < 4.78 is 0. The monoisotopic (exact) mass is 184 g/mol. The normalized spacial score (nSPS) is 20.2. The van der Waals surface area contributed by atoms with Crippen LogP contribution in [-0.4, -0.2) is 48.9 Å². The number of piperidine rings is 1. The average molecular weight is 184 g/mol. The molecule has 0 aromatic rings. The van der Waals surface area contributed by atoms with Gasteiger partial charge in [-0.1, -0.05) is 6.92 Å². The number of likely N-dealkylation sites (tertiary alicyclic amines) is 1. The molecule has 0 N–H and O–H groups in total. The van der Waals surface area contributed by atoms with Crippen molar-refractivity contribution in [3.8, 4) is 0 Å². The third-order valence-electron chi connectivity index (χ3n) is 2.84. The molecule has 1 heterocycles. The Bertz CT molecular complexity index is 153. The van der Waals surface area contributed by atoms with Gasteiger partial charge in [0.25, 0.3) is 0 Å². The number of hydrogen-bond donors (Lipinski definition) is 0. The third kappa shape index (κ3) is 2.99. The van der Waals surface area contributed by atoms with Crippen molar-refractivity contribution in [3.05, 3.63) is 0 Å². The molecule has 0 aromatic heterocycles. The van der Waals surface area contributed by atoms with Gasteiger partial charge in [-0.3, -0.25) is 4.79 Å². The number of hydrogen-bond acceptors (Lipinski definition) is 2. The van der Waals surface area contributed by atoms with Crippen LogP contribution in [0.2, 0.25) is 0 Å². The Morgan fingerprint density at radius 2 is 2.08 bits per heavy atom. The van der Waals surface area contributed by atoms with E-state index in [4.69, 9.17) is 0 Å². The lowest BCUT2D eigenvalue weighted by Gasteiger charge is -2.34. The molecule has 0 aliphatic carbocycles. The van der Waals surface area contributed by atoms with Crippen molar-refractivity contribution in [2.75, 3.05) is 26.7 Å². The number of carbonyl (C=O) groups is 1. The molecule has 1 saturated heterocycles. The summed E-state index contributed by atoms with van der Waals surface area (Å²) in [6, 6.07) is 0.477. The summed E-state index contributed by atoms with van der Waals surface area (Å²) in [6.07, 6.45) is 4.44. The predicted molar refractivity (Wildman–Crippen MR) is 53.6 cm³/mol. The predicted octanol–water partition coefficient (Wildman–Crippen LogP) is 0.949. The molecule has 1 aliphatic rings. The van der Waals surface area contributed by atoms with Crippen LogP contribution in [0, 0.1) is 0 Å². The van der Waals surface area contributed by atoms with Gasteiger partial charge in [0.05, 0.1) is 0 Å². The zero-order chi connectivity index (χ0) is 9.68. The highest BCUT2D eigenvalue weighted by atomic mass is 16.1. The van der Waals surface area contributed by atoms with E-state index in [1.165, 1.54) is 13.0 Å². The van der Waals surface area contributed by atoms with E-state index in [0.717, 1.165) is 32.3 Å². The maximum atomic E-state index is 10.5. The van der Waals surface area contributed by atoms with Gasteiger partial charge in [0.2, 0.25) is 6.41 Å². The number of carbonyl (C=O) groups excluding carboxylic acids is 1. The van der Waals surface area contributed by atoms with Gasteiger partial charge in [-0.05, 0) is 25.8 Å². The molecule has 1 rings (SSSR count). The molecule has 0 saturated carbocycles. The van der Waals surface area contributed by atoms with Crippen molar-refractivity contribution in [1.82, 2.24) is 9.80 Å². The van der Waals surface area contributed by atoms with E-state index >= 15 is 0 Å². The second-order valence-electron chi connectivity index (χ2n) is 3.84. The van der Waals surface area contributed by atoms with E-state index in [2.05, 4.69) is 11.8 Å². The fourth-order valence-electron chi connectivity index (χ4n) is 1.95. The van der Waals surface area contributed by atoms with Crippen molar-refractivity contribution < 1.29 is 4.79 Å². The Kier molecular flexibility index (Phi) is 4.22. The van der Waals surface area contributed by atoms with E-state index in [1.54, 1.807) is 0 Å². The van der Waals surface area contributed by atoms with Crippen molar-refractivity contribution >= 4 is 6.41 Å². The second-order valence-corrected chi connectivity index (χ2v) is 3.84. The van der Waals surface area contributed by atoms with Gasteiger partial charge in [-0.25, -0.2) is 0 Å². The first-order chi connectivity index (χ1) is 6.27. The molecule has 0 aromatic carbocycles. The van der Waals surface area contributed by atoms with Crippen LogP contribution in [0.15, 0.2) is 0 Å². The fourth-order valence-corrected chi connectivity index (χ4v) is 1.95. The third-order valence-corrected chi connectivity index (χ3v) is 2.84. The van der Waals surface area contributed by atoms with Gasteiger partial charge < -0.3 is 9.80 Å². The van der Waals surface area contributed by atoms with Crippen LogP contribution in [0.1, 0.15) is 26.2 Å². The molecule has 0 radical (unpaired) electrons. The summed E-state index contributed by atoms with van der Waals surface area (Å²) in [6.45, 7) is 5.72. The fraction of sp³-hybridized carbons (Fsp3) is 0.900. The molecular formula is C10H20N2O. The van der Waals surface area contributed by atoms with Crippen LogP contribution < -0.4 is 0 Å². The van der Waals surface area contributed by atoms with Crippen molar-refractivity contribution in [2.24, 2.45) is 0 Å². The van der Waals surface area contributed by atoms with Crippen LogP contribution in [0.3, 0.4) is 0 Å². The highest BCUT2D eigenvalue weighted by Gasteiger charge is 2.20. The van der Waals surface area contributed by atoms with Crippen molar-refractivity contribution in [2.45, 2.75) is 32.2 Å². The smallest absolute Gasteiger partial charge is 0.209 e. The largest absolute Gasteiger partial charge is 0.345 e. The Labute approximate surface area is 80.7 Å². The summed E-state index contributed by atoms with van der Waals surface area (Å²) in [5, 5.41) is 0. The Morgan fingerprint density at radius 1 is 1.46 bits per heavy atom. The first-order valence-electron chi connectivity index (χ1n) is 5.17. The Balaban J connectivity index is 2.26. The maximum absolute atomic E-state index is 10.5. The molecule has 76 valence electrons. The average Bonchev–Trinajstić information content (AvgIpc) is 2.18. The second kappa shape index (κ2) is 5.22. The Morgan fingerprint density at radius 3 is 2.54 bits per heavy atom. The van der Waals surface area contributed by atoms with Crippen LogP contribution in [0.5, 0.6) is 0 Å². The topological polar surface area (TPSA) is 23.6 Å². The van der Waals surface area contributed by atoms with Crippen LogP contribution >= 0.6 is 0 Å². The van der Waals surface area contributed by atoms with Gasteiger partial charge in [-0.2, -0.15) is 0 Å². The quantitative estimate of drug-likeness (QED) is 0.607. The van der Waals surface area contributed by atoms with E-state index in [1.807, 2.05) is 11.9 Å². The van der Waals surface area contributed by atoms with E-state index in [9.17, 15) is 4.79 Å². The van der Waals surface area contributed by atoms with Gasteiger partial charge >= 0.3 is 0 Å². The standard InChI is InChI=1S/C10H20N2O/c1-3-6-12-7-4-10(5-8-12)11(2)9-13/h9-10H,3-8H2,1-2H3. The van der Waals surface area contributed by atoms with E-state index in [-0.39, 0.29) is 0 Å². The molecule has 0 unspecified atom stereocenters. The lowest BCUT2D eigenvalue weighted by molar-refractivity contribution is -0.119. The molecule has 0 atom stereocenters. The summed E-state index contributed by atoms with van der Waals surface area (Å²) in [5.41, 5.74) is 0. The minimum absolute atomic E-state index is 0.477. The summed E-state index contributed by atoms with van der Waals surface area (Å²) in [5.74, 6) is 0. The van der Waals surface area contributed by atoms with E-state index in [0.29, 0.717) is 6.04 Å². The van der Waals surface area contributed by atoms with Crippen LogP contribution in [-0.2, 0) is 4.79 Å². The first-order valence-corrected chi connectivity index (χ1v) is 5.17. The highest BCUT2D eigenvalue weighted by Crippen LogP contribution is 2.14. The molecule has 1 aliphatic heterocycles. The minimum atomic E-state index is 0.477. The number of rotatable bonds is 4. The van der Waals surface area contributed by atoms with Gasteiger partial charge in [0.15, 0.2) is 0 Å². The summed E-state index contributed by atoms with van der Waals surface area (Å²) >= 11 is 0. The molecule has 1 fully saturated rings. The first kappa shape index (κ1) is 10.5. The molecular weight excluding hydrogens is 164 g/mol. The lowest BCUT2D eigenvalue weighted by Crippen LogP contribution is -2.42. The van der Waals surface area contributed by atoms with Gasteiger partial charge in [0, 0.05) is 26.2 Å². The molecule has 3 nitrogen and oxygen atoms in total. The molecule has 0 spiro atoms. The van der Waals surface area contributed by atoms with Gasteiger partial charge in [-0.15, -0.1) is 0 Å².